The number of hydrogen-bond donors (Lipinski definition) is 3. The Labute approximate surface area is 123 Å². The van der Waals surface area contributed by atoms with Gasteiger partial charge in [0.2, 0.25) is 5.91 Å². The fourth-order valence-corrected chi connectivity index (χ4v) is 2.33. The van der Waals surface area contributed by atoms with Gasteiger partial charge in [-0.1, -0.05) is 0 Å². The van der Waals surface area contributed by atoms with Gasteiger partial charge >= 0.3 is 12.1 Å². The van der Waals surface area contributed by atoms with Crippen LogP contribution >= 0.6 is 0 Å². The Morgan fingerprint density at radius 1 is 1.36 bits per heavy atom. The number of rotatable bonds is 3. The van der Waals surface area contributed by atoms with Crippen molar-refractivity contribution >= 4 is 17.7 Å². The number of anilines is 1. The molecule has 0 aliphatic carbocycles. The zero-order valence-corrected chi connectivity index (χ0v) is 11.4. The molecule has 1 fully saturated rings. The molecule has 1 aromatic heterocycles. The Kier molecular flexibility index (Phi) is 4.65. The van der Waals surface area contributed by atoms with Gasteiger partial charge in [-0.05, 0) is 25.1 Å². The lowest BCUT2D eigenvalue weighted by Gasteiger charge is -2.28. The molecule has 1 saturated heterocycles. The summed E-state index contributed by atoms with van der Waals surface area (Å²) in [5.41, 5.74) is -0.933. The molecule has 9 heteroatoms. The van der Waals surface area contributed by atoms with Crippen LogP contribution in [0, 0.1) is 11.8 Å². The summed E-state index contributed by atoms with van der Waals surface area (Å²) in [5, 5.41) is 14.2. The van der Waals surface area contributed by atoms with Gasteiger partial charge in [0, 0.05) is 12.7 Å². The quantitative estimate of drug-likeness (QED) is 0.783. The molecule has 1 aromatic rings. The molecule has 0 bridgehead atoms. The van der Waals surface area contributed by atoms with E-state index in [4.69, 9.17) is 5.11 Å². The van der Waals surface area contributed by atoms with E-state index in [1.807, 2.05) is 0 Å². The minimum Gasteiger partial charge on any atom is -0.481 e. The third-order valence-electron chi connectivity index (χ3n) is 3.47. The number of halogens is 3. The van der Waals surface area contributed by atoms with Crippen molar-refractivity contribution in [3.05, 3.63) is 23.9 Å². The SMILES string of the molecule is O=C(O)C1CNCCC1C(=O)Nc1cc(C(F)(F)F)ccn1. The predicted octanol–water partition coefficient (Wildman–Crippen LogP) is 1.35. The number of carboxylic acids is 1. The van der Waals surface area contributed by atoms with Crippen LogP contribution in [0.1, 0.15) is 12.0 Å². The predicted molar refractivity (Wildman–Crippen MR) is 70.0 cm³/mol. The normalized spacial score (nSPS) is 22.1. The second kappa shape index (κ2) is 6.30. The van der Waals surface area contributed by atoms with Crippen molar-refractivity contribution in [1.29, 1.82) is 0 Å². The molecule has 1 aliphatic rings. The number of alkyl halides is 3. The van der Waals surface area contributed by atoms with E-state index in [-0.39, 0.29) is 12.4 Å². The van der Waals surface area contributed by atoms with E-state index >= 15 is 0 Å². The number of nitrogens with zero attached hydrogens (tertiary/aromatic N) is 1. The molecule has 1 amide bonds. The summed E-state index contributed by atoms with van der Waals surface area (Å²) < 4.78 is 37.8. The molecule has 6 nitrogen and oxygen atoms in total. The molecule has 22 heavy (non-hydrogen) atoms. The van der Waals surface area contributed by atoms with Gasteiger partial charge in [-0.25, -0.2) is 4.98 Å². The summed E-state index contributed by atoms with van der Waals surface area (Å²) >= 11 is 0. The number of hydrogen-bond acceptors (Lipinski definition) is 4. The minimum absolute atomic E-state index is 0.142. The summed E-state index contributed by atoms with van der Waals surface area (Å²) in [5.74, 6) is -3.73. The molecule has 2 atom stereocenters. The summed E-state index contributed by atoms with van der Waals surface area (Å²) in [6.07, 6.45) is -3.31. The van der Waals surface area contributed by atoms with Crippen molar-refractivity contribution in [1.82, 2.24) is 10.3 Å². The first-order valence-corrected chi connectivity index (χ1v) is 6.56. The average Bonchev–Trinajstić information content (AvgIpc) is 2.46. The highest BCUT2D eigenvalue weighted by molar-refractivity contribution is 5.94. The van der Waals surface area contributed by atoms with E-state index < -0.39 is 35.5 Å². The van der Waals surface area contributed by atoms with Crippen molar-refractivity contribution in [3.63, 3.8) is 0 Å². The highest BCUT2D eigenvalue weighted by Crippen LogP contribution is 2.30. The number of aliphatic carboxylic acids is 1. The smallest absolute Gasteiger partial charge is 0.416 e. The Balaban J connectivity index is 2.12. The topological polar surface area (TPSA) is 91.3 Å². The number of amides is 1. The summed E-state index contributed by atoms with van der Waals surface area (Å²) in [4.78, 5) is 26.9. The second-order valence-corrected chi connectivity index (χ2v) is 4.96. The second-order valence-electron chi connectivity index (χ2n) is 4.96. The number of nitrogens with one attached hydrogen (secondary N) is 2. The fraction of sp³-hybridized carbons (Fsp3) is 0.462. The van der Waals surface area contributed by atoms with E-state index in [2.05, 4.69) is 15.6 Å². The largest absolute Gasteiger partial charge is 0.481 e. The maximum atomic E-state index is 12.6. The third-order valence-corrected chi connectivity index (χ3v) is 3.47. The maximum Gasteiger partial charge on any atom is 0.416 e. The molecule has 2 unspecified atom stereocenters. The monoisotopic (exact) mass is 317 g/mol. The first kappa shape index (κ1) is 16.2. The zero-order chi connectivity index (χ0) is 16.3. The van der Waals surface area contributed by atoms with E-state index in [1.54, 1.807) is 0 Å². The number of carboxylic acid groups (broad SMARTS) is 1. The lowest BCUT2D eigenvalue weighted by Crippen LogP contribution is -2.45. The molecule has 0 radical (unpaired) electrons. The lowest BCUT2D eigenvalue weighted by atomic mass is 9.86. The highest BCUT2D eigenvalue weighted by atomic mass is 19.4. The molecule has 3 N–H and O–H groups in total. The Bertz CT molecular complexity index is 577. The Morgan fingerprint density at radius 2 is 2.09 bits per heavy atom. The molecular weight excluding hydrogens is 303 g/mol. The van der Waals surface area contributed by atoms with Crippen molar-refractivity contribution in [2.24, 2.45) is 11.8 Å². The van der Waals surface area contributed by atoms with Gasteiger partial charge in [0.15, 0.2) is 0 Å². The van der Waals surface area contributed by atoms with Crippen LogP contribution in [0.15, 0.2) is 18.3 Å². The van der Waals surface area contributed by atoms with E-state index in [9.17, 15) is 22.8 Å². The molecule has 2 heterocycles. The van der Waals surface area contributed by atoms with Gasteiger partial charge in [0.25, 0.3) is 0 Å². The van der Waals surface area contributed by atoms with Crippen LogP contribution < -0.4 is 10.6 Å². The Morgan fingerprint density at radius 3 is 2.73 bits per heavy atom. The number of pyridine rings is 1. The van der Waals surface area contributed by atoms with Crippen molar-refractivity contribution in [2.45, 2.75) is 12.6 Å². The number of aromatic nitrogens is 1. The fourth-order valence-electron chi connectivity index (χ4n) is 2.33. The summed E-state index contributed by atoms with van der Waals surface area (Å²) in [6, 6.07) is 1.51. The molecule has 0 spiro atoms. The van der Waals surface area contributed by atoms with Crippen molar-refractivity contribution in [2.75, 3.05) is 18.4 Å². The van der Waals surface area contributed by atoms with E-state index in [1.165, 1.54) is 0 Å². The van der Waals surface area contributed by atoms with Crippen LogP contribution in [-0.4, -0.2) is 35.1 Å². The van der Waals surface area contributed by atoms with Crippen LogP contribution in [0.4, 0.5) is 19.0 Å². The molecule has 1 aliphatic heterocycles. The third kappa shape index (κ3) is 3.73. The van der Waals surface area contributed by atoms with Crippen LogP contribution in [-0.2, 0) is 15.8 Å². The standard InChI is InChI=1S/C13H14F3N3O3/c14-13(15,16)7-1-4-18-10(5-7)19-11(20)8-2-3-17-6-9(8)12(21)22/h1,4-5,8-9,17H,2-3,6H2,(H,21,22)(H,18,19,20). The number of carbonyl (C=O) groups excluding carboxylic acids is 1. The van der Waals surface area contributed by atoms with Crippen LogP contribution in [0.2, 0.25) is 0 Å². The van der Waals surface area contributed by atoms with Crippen molar-refractivity contribution in [3.8, 4) is 0 Å². The molecule has 120 valence electrons. The molecule has 0 saturated carbocycles. The first-order valence-electron chi connectivity index (χ1n) is 6.56. The van der Waals surface area contributed by atoms with Crippen LogP contribution in [0.5, 0.6) is 0 Å². The van der Waals surface area contributed by atoms with E-state index in [0.717, 1.165) is 18.3 Å². The van der Waals surface area contributed by atoms with Crippen LogP contribution in [0.3, 0.4) is 0 Å². The van der Waals surface area contributed by atoms with Crippen LogP contribution in [0.25, 0.3) is 0 Å². The summed E-state index contributed by atoms with van der Waals surface area (Å²) in [7, 11) is 0. The molecule has 2 rings (SSSR count). The van der Waals surface area contributed by atoms with Gasteiger partial charge < -0.3 is 15.7 Å². The zero-order valence-electron chi connectivity index (χ0n) is 11.4. The van der Waals surface area contributed by atoms with Gasteiger partial charge in [-0.15, -0.1) is 0 Å². The Hall–Kier alpha value is -2.16. The van der Waals surface area contributed by atoms with Gasteiger partial charge in [0.05, 0.1) is 17.4 Å². The van der Waals surface area contributed by atoms with Crippen molar-refractivity contribution < 1.29 is 27.9 Å². The first-order chi connectivity index (χ1) is 10.3. The molecule has 0 aromatic carbocycles. The van der Waals surface area contributed by atoms with E-state index in [0.29, 0.717) is 13.0 Å². The van der Waals surface area contributed by atoms with Gasteiger partial charge in [-0.3, -0.25) is 9.59 Å². The highest BCUT2D eigenvalue weighted by Gasteiger charge is 2.36. The van der Waals surface area contributed by atoms with Gasteiger partial charge in [0.1, 0.15) is 5.82 Å². The maximum absolute atomic E-state index is 12.6. The summed E-state index contributed by atoms with van der Waals surface area (Å²) in [6.45, 7) is 0.612. The average molecular weight is 317 g/mol. The lowest BCUT2D eigenvalue weighted by molar-refractivity contribution is -0.147. The van der Waals surface area contributed by atoms with Gasteiger partial charge in [-0.2, -0.15) is 13.2 Å². The molecular formula is C13H14F3N3O3. The number of piperidine rings is 1. The minimum atomic E-state index is -4.54. The number of carbonyl (C=O) groups is 2.